The summed E-state index contributed by atoms with van der Waals surface area (Å²) < 4.78 is 10.4. The molecule has 0 N–H and O–H groups in total. The molecule has 16 heavy (non-hydrogen) atoms. The monoisotopic (exact) mass is 218 g/mol. The molecule has 0 unspecified atom stereocenters. The number of aldehydes is 1. The van der Waals surface area contributed by atoms with Gasteiger partial charge in [0.15, 0.2) is 0 Å². The third kappa shape index (κ3) is 3.76. The standard InChI is InChI=1S/C13H14O3/c1-3-12(8-9-14)16-10-11-4-6-13(15-2)7-5-11/h1,4-7,9,12H,8,10H2,2H3/t12-/m1/s1. The van der Waals surface area contributed by atoms with Crippen LogP contribution in [0.5, 0.6) is 5.75 Å². The maximum Gasteiger partial charge on any atom is 0.125 e. The van der Waals surface area contributed by atoms with Gasteiger partial charge in [-0.2, -0.15) is 0 Å². The van der Waals surface area contributed by atoms with Crippen LogP contribution in [0.2, 0.25) is 0 Å². The van der Waals surface area contributed by atoms with Crippen molar-refractivity contribution in [3.05, 3.63) is 29.8 Å². The Morgan fingerprint density at radius 3 is 2.62 bits per heavy atom. The summed E-state index contributed by atoms with van der Waals surface area (Å²) in [6, 6.07) is 7.49. The van der Waals surface area contributed by atoms with Gasteiger partial charge in [-0.25, -0.2) is 0 Å². The average Bonchev–Trinajstić information content (AvgIpc) is 2.35. The van der Waals surface area contributed by atoms with Crippen LogP contribution in [-0.4, -0.2) is 19.5 Å². The lowest BCUT2D eigenvalue weighted by Gasteiger charge is -2.09. The van der Waals surface area contributed by atoms with Crippen LogP contribution in [0.15, 0.2) is 24.3 Å². The molecular weight excluding hydrogens is 204 g/mol. The Labute approximate surface area is 95.4 Å². The fourth-order valence-electron chi connectivity index (χ4n) is 1.19. The predicted octanol–water partition coefficient (Wildman–Crippen LogP) is 1.80. The van der Waals surface area contributed by atoms with E-state index in [1.165, 1.54) is 0 Å². The quantitative estimate of drug-likeness (QED) is 0.539. The van der Waals surface area contributed by atoms with Crippen LogP contribution in [0.25, 0.3) is 0 Å². The third-order valence-electron chi connectivity index (χ3n) is 2.11. The molecule has 0 radical (unpaired) electrons. The van der Waals surface area contributed by atoms with Crippen LogP contribution in [0.4, 0.5) is 0 Å². The van der Waals surface area contributed by atoms with Crippen LogP contribution in [0.1, 0.15) is 12.0 Å². The van der Waals surface area contributed by atoms with Gasteiger partial charge in [0, 0.05) is 6.42 Å². The van der Waals surface area contributed by atoms with E-state index < -0.39 is 6.10 Å². The normalized spacial score (nSPS) is 11.5. The molecule has 0 spiro atoms. The molecular formula is C13H14O3. The number of terminal acetylenes is 1. The highest BCUT2D eigenvalue weighted by Crippen LogP contribution is 2.12. The summed E-state index contributed by atoms with van der Waals surface area (Å²) in [7, 11) is 1.62. The van der Waals surface area contributed by atoms with Gasteiger partial charge in [-0.05, 0) is 17.7 Å². The number of hydrogen-bond donors (Lipinski definition) is 0. The van der Waals surface area contributed by atoms with E-state index in [0.717, 1.165) is 17.6 Å². The lowest BCUT2D eigenvalue weighted by molar-refractivity contribution is -0.109. The Morgan fingerprint density at radius 2 is 2.12 bits per heavy atom. The molecule has 0 bridgehead atoms. The number of methoxy groups -OCH3 is 1. The highest BCUT2D eigenvalue weighted by atomic mass is 16.5. The number of carbonyl (C=O) groups excluding carboxylic acids is 1. The fraction of sp³-hybridized carbons (Fsp3) is 0.308. The number of hydrogen-bond acceptors (Lipinski definition) is 3. The molecule has 0 aromatic heterocycles. The number of ether oxygens (including phenoxy) is 2. The van der Waals surface area contributed by atoms with Crippen molar-refractivity contribution in [2.24, 2.45) is 0 Å². The molecule has 1 aromatic rings. The summed E-state index contributed by atoms with van der Waals surface area (Å²) in [4.78, 5) is 10.3. The molecule has 1 rings (SSSR count). The van der Waals surface area contributed by atoms with Crippen LogP contribution in [-0.2, 0) is 16.1 Å². The molecule has 84 valence electrons. The summed E-state index contributed by atoms with van der Waals surface area (Å²) in [6.45, 7) is 0.396. The highest BCUT2D eigenvalue weighted by Gasteiger charge is 2.04. The van der Waals surface area contributed by atoms with Gasteiger partial charge in [0.05, 0.1) is 13.7 Å². The van der Waals surface area contributed by atoms with Gasteiger partial charge in [0.1, 0.15) is 18.1 Å². The summed E-state index contributed by atoms with van der Waals surface area (Å²) in [5.41, 5.74) is 0.993. The average molecular weight is 218 g/mol. The number of carbonyl (C=O) groups is 1. The van der Waals surface area contributed by atoms with Gasteiger partial charge in [-0.1, -0.05) is 18.1 Å². The maximum atomic E-state index is 10.3. The molecule has 0 heterocycles. The van der Waals surface area contributed by atoms with Crippen molar-refractivity contribution in [1.82, 2.24) is 0 Å². The van der Waals surface area contributed by atoms with Crippen molar-refractivity contribution < 1.29 is 14.3 Å². The molecule has 0 amide bonds. The zero-order chi connectivity index (χ0) is 11.8. The SMILES string of the molecule is C#C[C@H](CC=O)OCc1ccc(OC)cc1. The zero-order valence-corrected chi connectivity index (χ0v) is 9.18. The summed E-state index contributed by atoms with van der Waals surface area (Å²) in [6.07, 6.45) is 5.76. The first kappa shape index (κ1) is 12.3. The van der Waals surface area contributed by atoms with Crippen molar-refractivity contribution in [2.75, 3.05) is 7.11 Å². The van der Waals surface area contributed by atoms with Gasteiger partial charge >= 0.3 is 0 Å². The molecule has 0 aliphatic heterocycles. The van der Waals surface area contributed by atoms with Crippen LogP contribution in [0, 0.1) is 12.3 Å². The first-order chi connectivity index (χ1) is 7.80. The van der Waals surface area contributed by atoms with Gasteiger partial charge in [0.25, 0.3) is 0 Å². The molecule has 0 saturated carbocycles. The molecule has 0 aliphatic carbocycles. The van der Waals surface area contributed by atoms with E-state index in [1.54, 1.807) is 7.11 Å². The molecule has 3 heteroatoms. The lowest BCUT2D eigenvalue weighted by atomic mass is 10.2. The van der Waals surface area contributed by atoms with Crippen molar-refractivity contribution >= 4 is 6.29 Å². The molecule has 3 nitrogen and oxygen atoms in total. The van der Waals surface area contributed by atoms with E-state index in [4.69, 9.17) is 15.9 Å². The Hall–Kier alpha value is -1.79. The Kier molecular flexibility index (Phi) is 5.10. The maximum absolute atomic E-state index is 10.3. The van der Waals surface area contributed by atoms with E-state index in [-0.39, 0.29) is 6.42 Å². The molecule has 1 atom stereocenters. The van der Waals surface area contributed by atoms with Crippen LogP contribution < -0.4 is 4.74 Å². The van der Waals surface area contributed by atoms with Gasteiger partial charge in [-0.15, -0.1) is 6.42 Å². The minimum atomic E-state index is -0.445. The van der Waals surface area contributed by atoms with E-state index in [0.29, 0.717) is 6.61 Å². The Bertz CT molecular complexity index is 362. The van der Waals surface area contributed by atoms with Crippen molar-refractivity contribution in [3.63, 3.8) is 0 Å². The van der Waals surface area contributed by atoms with E-state index >= 15 is 0 Å². The van der Waals surface area contributed by atoms with Crippen LogP contribution in [0.3, 0.4) is 0 Å². The third-order valence-corrected chi connectivity index (χ3v) is 2.11. The molecule has 0 aliphatic rings. The zero-order valence-electron chi connectivity index (χ0n) is 9.18. The van der Waals surface area contributed by atoms with E-state index in [2.05, 4.69) is 5.92 Å². The Morgan fingerprint density at radius 1 is 1.44 bits per heavy atom. The van der Waals surface area contributed by atoms with Crippen LogP contribution >= 0.6 is 0 Å². The molecule has 0 saturated heterocycles. The smallest absolute Gasteiger partial charge is 0.125 e. The predicted molar refractivity (Wildman–Crippen MR) is 61.1 cm³/mol. The second kappa shape index (κ2) is 6.65. The Balaban J connectivity index is 2.47. The minimum Gasteiger partial charge on any atom is -0.497 e. The first-order valence-corrected chi connectivity index (χ1v) is 4.94. The van der Waals surface area contributed by atoms with E-state index in [1.807, 2.05) is 24.3 Å². The topological polar surface area (TPSA) is 35.5 Å². The van der Waals surface area contributed by atoms with Gasteiger partial charge in [-0.3, -0.25) is 0 Å². The number of rotatable bonds is 6. The minimum absolute atomic E-state index is 0.229. The van der Waals surface area contributed by atoms with Crippen molar-refractivity contribution in [1.29, 1.82) is 0 Å². The van der Waals surface area contributed by atoms with Crippen molar-refractivity contribution in [2.45, 2.75) is 19.1 Å². The lowest BCUT2D eigenvalue weighted by Crippen LogP contribution is -2.10. The summed E-state index contributed by atoms with van der Waals surface area (Å²) in [5.74, 6) is 3.21. The van der Waals surface area contributed by atoms with Gasteiger partial charge < -0.3 is 14.3 Å². The number of benzene rings is 1. The van der Waals surface area contributed by atoms with E-state index in [9.17, 15) is 4.79 Å². The van der Waals surface area contributed by atoms with Gasteiger partial charge in [0.2, 0.25) is 0 Å². The van der Waals surface area contributed by atoms with Crippen molar-refractivity contribution in [3.8, 4) is 18.1 Å². The largest absolute Gasteiger partial charge is 0.497 e. The fourth-order valence-corrected chi connectivity index (χ4v) is 1.19. The highest BCUT2D eigenvalue weighted by molar-refractivity contribution is 5.51. The molecule has 0 fully saturated rings. The molecule has 1 aromatic carbocycles. The summed E-state index contributed by atoms with van der Waals surface area (Å²) >= 11 is 0. The first-order valence-electron chi connectivity index (χ1n) is 4.94. The summed E-state index contributed by atoms with van der Waals surface area (Å²) in [5, 5.41) is 0. The second-order valence-electron chi connectivity index (χ2n) is 3.22. The second-order valence-corrected chi connectivity index (χ2v) is 3.22.